The number of thioether (sulfide) groups is 1. The Morgan fingerprint density at radius 1 is 1.30 bits per heavy atom. The molecule has 1 atom stereocenters. The van der Waals surface area contributed by atoms with Gasteiger partial charge in [0, 0.05) is 18.7 Å². The molecule has 20 heavy (non-hydrogen) atoms. The number of phenols is 1. The SMILES string of the molecule is CSCCNC(=O)N[C@H](Cc1ccc(O)cc1)C(=O)O. The van der Waals surface area contributed by atoms with Crippen molar-refractivity contribution in [3.8, 4) is 5.75 Å². The highest BCUT2D eigenvalue weighted by Gasteiger charge is 2.20. The average molecular weight is 298 g/mol. The molecule has 0 saturated carbocycles. The molecule has 0 radical (unpaired) electrons. The minimum absolute atomic E-state index is 0.114. The van der Waals surface area contributed by atoms with E-state index in [9.17, 15) is 9.59 Å². The number of aliphatic carboxylic acids is 1. The Labute approximate surface area is 121 Å². The topological polar surface area (TPSA) is 98.7 Å². The molecule has 0 heterocycles. The smallest absolute Gasteiger partial charge is 0.326 e. The standard InChI is InChI=1S/C13H18N2O4S/c1-20-7-6-14-13(19)15-11(12(17)18)8-9-2-4-10(16)5-3-9/h2-5,11,16H,6-8H2,1H3,(H,17,18)(H2,14,15,19)/t11-/m1/s1. The molecular weight excluding hydrogens is 280 g/mol. The Morgan fingerprint density at radius 2 is 1.95 bits per heavy atom. The van der Waals surface area contributed by atoms with Crippen LogP contribution in [0.5, 0.6) is 5.75 Å². The highest BCUT2D eigenvalue weighted by atomic mass is 32.2. The molecule has 4 N–H and O–H groups in total. The van der Waals surface area contributed by atoms with E-state index in [1.54, 1.807) is 23.9 Å². The lowest BCUT2D eigenvalue weighted by atomic mass is 10.1. The van der Waals surface area contributed by atoms with Gasteiger partial charge in [0.05, 0.1) is 0 Å². The van der Waals surface area contributed by atoms with E-state index >= 15 is 0 Å². The first-order valence-corrected chi connectivity index (χ1v) is 7.46. The Hall–Kier alpha value is -1.89. The largest absolute Gasteiger partial charge is 0.508 e. The van der Waals surface area contributed by atoms with E-state index in [2.05, 4.69) is 10.6 Å². The number of urea groups is 1. The molecule has 0 spiro atoms. The third kappa shape index (κ3) is 5.83. The lowest BCUT2D eigenvalue weighted by molar-refractivity contribution is -0.139. The summed E-state index contributed by atoms with van der Waals surface area (Å²) in [5, 5.41) is 23.3. The number of carboxylic acids is 1. The van der Waals surface area contributed by atoms with Crippen molar-refractivity contribution in [2.45, 2.75) is 12.5 Å². The monoisotopic (exact) mass is 298 g/mol. The number of carbonyl (C=O) groups is 2. The summed E-state index contributed by atoms with van der Waals surface area (Å²) >= 11 is 1.59. The molecule has 110 valence electrons. The van der Waals surface area contributed by atoms with Gasteiger partial charge in [-0.15, -0.1) is 0 Å². The van der Waals surface area contributed by atoms with Gasteiger partial charge in [-0.25, -0.2) is 9.59 Å². The van der Waals surface area contributed by atoms with E-state index in [1.807, 2.05) is 6.26 Å². The summed E-state index contributed by atoms with van der Waals surface area (Å²) in [4.78, 5) is 22.7. The normalized spacial score (nSPS) is 11.7. The van der Waals surface area contributed by atoms with Gasteiger partial charge in [0.1, 0.15) is 11.8 Å². The van der Waals surface area contributed by atoms with Crippen molar-refractivity contribution >= 4 is 23.8 Å². The zero-order chi connectivity index (χ0) is 15.0. The molecule has 0 aromatic heterocycles. The third-order valence-electron chi connectivity index (χ3n) is 2.57. The molecule has 0 aliphatic carbocycles. The molecular formula is C13H18N2O4S. The summed E-state index contributed by atoms with van der Waals surface area (Å²) in [5.74, 6) is -0.218. The van der Waals surface area contributed by atoms with Crippen molar-refractivity contribution in [3.05, 3.63) is 29.8 Å². The van der Waals surface area contributed by atoms with Crippen molar-refractivity contribution in [1.29, 1.82) is 0 Å². The summed E-state index contributed by atoms with van der Waals surface area (Å²) < 4.78 is 0. The van der Waals surface area contributed by atoms with Crippen molar-refractivity contribution < 1.29 is 19.8 Å². The maximum Gasteiger partial charge on any atom is 0.326 e. The van der Waals surface area contributed by atoms with Gasteiger partial charge in [0.15, 0.2) is 0 Å². The van der Waals surface area contributed by atoms with Crippen molar-refractivity contribution in [2.75, 3.05) is 18.6 Å². The van der Waals surface area contributed by atoms with Crippen LogP contribution in [-0.4, -0.2) is 46.8 Å². The molecule has 0 aliphatic rings. The first-order valence-electron chi connectivity index (χ1n) is 6.07. The van der Waals surface area contributed by atoms with Crippen LogP contribution in [-0.2, 0) is 11.2 Å². The Balaban J connectivity index is 2.54. The number of rotatable bonds is 7. The number of benzene rings is 1. The van der Waals surface area contributed by atoms with Crippen LogP contribution in [0.1, 0.15) is 5.56 Å². The fourth-order valence-corrected chi connectivity index (χ4v) is 1.85. The van der Waals surface area contributed by atoms with E-state index in [4.69, 9.17) is 10.2 Å². The molecule has 0 bridgehead atoms. The predicted octanol–water partition coefficient (Wildman–Crippen LogP) is 1.05. The molecule has 0 aliphatic heterocycles. The molecule has 0 unspecified atom stereocenters. The summed E-state index contributed by atoms with van der Waals surface area (Å²) in [6.45, 7) is 0.485. The number of carbonyl (C=O) groups excluding carboxylic acids is 1. The second kappa shape index (κ2) is 8.31. The Morgan fingerprint density at radius 3 is 2.50 bits per heavy atom. The maximum absolute atomic E-state index is 11.5. The van der Waals surface area contributed by atoms with Crippen LogP contribution in [0.15, 0.2) is 24.3 Å². The number of nitrogens with one attached hydrogen (secondary N) is 2. The van der Waals surface area contributed by atoms with Crippen LogP contribution in [0, 0.1) is 0 Å². The van der Waals surface area contributed by atoms with E-state index in [1.165, 1.54) is 12.1 Å². The number of hydrogen-bond acceptors (Lipinski definition) is 4. The fraction of sp³-hybridized carbons (Fsp3) is 0.385. The number of aromatic hydroxyl groups is 1. The zero-order valence-electron chi connectivity index (χ0n) is 11.1. The van der Waals surface area contributed by atoms with Gasteiger partial charge in [-0.05, 0) is 24.0 Å². The predicted molar refractivity (Wildman–Crippen MR) is 78.2 cm³/mol. The first kappa shape index (κ1) is 16.2. The van der Waals surface area contributed by atoms with Gasteiger partial charge in [-0.3, -0.25) is 0 Å². The molecule has 1 aromatic rings. The Bertz CT molecular complexity index is 450. The zero-order valence-corrected chi connectivity index (χ0v) is 11.9. The van der Waals surface area contributed by atoms with Crippen LogP contribution in [0.2, 0.25) is 0 Å². The molecule has 1 aromatic carbocycles. The summed E-state index contributed by atoms with van der Waals surface area (Å²) in [6, 6.07) is 4.70. The van der Waals surface area contributed by atoms with Gasteiger partial charge in [0.2, 0.25) is 0 Å². The number of hydrogen-bond donors (Lipinski definition) is 4. The second-order valence-corrected chi connectivity index (χ2v) is 5.14. The quantitative estimate of drug-likeness (QED) is 0.564. The highest BCUT2D eigenvalue weighted by Crippen LogP contribution is 2.11. The minimum atomic E-state index is -1.10. The highest BCUT2D eigenvalue weighted by molar-refractivity contribution is 7.98. The maximum atomic E-state index is 11.5. The van der Waals surface area contributed by atoms with Crippen molar-refractivity contribution in [2.24, 2.45) is 0 Å². The molecule has 0 saturated heterocycles. The van der Waals surface area contributed by atoms with Crippen LogP contribution >= 0.6 is 11.8 Å². The van der Waals surface area contributed by atoms with Crippen molar-refractivity contribution in [1.82, 2.24) is 10.6 Å². The molecule has 1 rings (SSSR count). The first-order chi connectivity index (χ1) is 9.52. The van der Waals surface area contributed by atoms with Gasteiger partial charge in [-0.1, -0.05) is 12.1 Å². The molecule has 2 amide bonds. The average Bonchev–Trinajstić information content (AvgIpc) is 2.40. The molecule has 6 nitrogen and oxygen atoms in total. The number of carboxylic acid groups (broad SMARTS) is 1. The van der Waals surface area contributed by atoms with E-state index in [0.717, 1.165) is 11.3 Å². The van der Waals surface area contributed by atoms with Crippen LogP contribution in [0.4, 0.5) is 4.79 Å². The van der Waals surface area contributed by atoms with Crippen LogP contribution in [0.3, 0.4) is 0 Å². The molecule has 7 heteroatoms. The van der Waals surface area contributed by atoms with Crippen LogP contribution in [0.25, 0.3) is 0 Å². The van der Waals surface area contributed by atoms with Crippen LogP contribution < -0.4 is 10.6 Å². The third-order valence-corrected chi connectivity index (χ3v) is 3.18. The summed E-state index contributed by atoms with van der Waals surface area (Å²) in [6.07, 6.45) is 2.08. The minimum Gasteiger partial charge on any atom is -0.508 e. The van der Waals surface area contributed by atoms with Gasteiger partial charge in [-0.2, -0.15) is 11.8 Å². The Kier molecular flexibility index (Phi) is 6.72. The molecule has 0 fully saturated rings. The van der Waals surface area contributed by atoms with E-state index in [-0.39, 0.29) is 12.2 Å². The summed E-state index contributed by atoms with van der Waals surface area (Å²) in [5.41, 5.74) is 0.722. The van der Waals surface area contributed by atoms with Gasteiger partial charge >= 0.3 is 12.0 Å². The number of amides is 2. The lowest BCUT2D eigenvalue weighted by Crippen LogP contribution is -2.47. The number of phenolic OH excluding ortho intramolecular Hbond substituents is 1. The lowest BCUT2D eigenvalue weighted by Gasteiger charge is -2.15. The second-order valence-electron chi connectivity index (χ2n) is 4.15. The fourth-order valence-electron chi connectivity index (χ4n) is 1.54. The van der Waals surface area contributed by atoms with E-state index in [0.29, 0.717) is 6.54 Å². The van der Waals surface area contributed by atoms with Gasteiger partial charge < -0.3 is 20.8 Å². The summed E-state index contributed by atoms with van der Waals surface area (Å²) in [7, 11) is 0. The van der Waals surface area contributed by atoms with Crippen molar-refractivity contribution in [3.63, 3.8) is 0 Å². The van der Waals surface area contributed by atoms with Gasteiger partial charge in [0.25, 0.3) is 0 Å². The van der Waals surface area contributed by atoms with E-state index < -0.39 is 18.0 Å².